The predicted molar refractivity (Wildman–Crippen MR) is 62.2 cm³/mol. The molecule has 1 saturated carbocycles. The van der Waals surface area contributed by atoms with Gasteiger partial charge in [-0.15, -0.1) is 0 Å². The van der Waals surface area contributed by atoms with Crippen molar-refractivity contribution in [2.75, 3.05) is 0 Å². The van der Waals surface area contributed by atoms with Crippen LogP contribution in [0.1, 0.15) is 29.9 Å². The van der Waals surface area contributed by atoms with E-state index in [4.69, 9.17) is 10.6 Å². The van der Waals surface area contributed by atoms with E-state index in [0.29, 0.717) is 12.8 Å². The zero-order chi connectivity index (χ0) is 12.3. The Labute approximate surface area is 98.7 Å². The summed E-state index contributed by atoms with van der Waals surface area (Å²) in [5.74, 6) is 0.105. The summed E-state index contributed by atoms with van der Waals surface area (Å²) >= 11 is 0. The summed E-state index contributed by atoms with van der Waals surface area (Å²) in [7, 11) is 0. The molecule has 0 bridgehead atoms. The Kier molecular flexibility index (Phi) is 3.61. The molecule has 1 aromatic carbocycles. The molecule has 0 heterocycles. The summed E-state index contributed by atoms with van der Waals surface area (Å²) in [6.07, 6.45) is -0.0836. The average molecular weight is 235 g/mol. The maximum absolute atomic E-state index is 13.6. The van der Waals surface area contributed by atoms with Gasteiger partial charge in [-0.3, -0.25) is 0 Å². The number of hydrogen-bond donors (Lipinski definition) is 1. The van der Waals surface area contributed by atoms with Crippen LogP contribution in [0.25, 0.3) is 10.4 Å². The van der Waals surface area contributed by atoms with Crippen molar-refractivity contribution in [1.82, 2.24) is 0 Å². The molecular weight excluding hydrogens is 221 g/mol. The molecule has 1 aliphatic rings. The summed E-state index contributed by atoms with van der Waals surface area (Å²) in [5, 5.41) is 12.4. The molecule has 1 aromatic rings. The van der Waals surface area contributed by atoms with Crippen LogP contribution in [-0.2, 0) is 6.61 Å². The monoisotopic (exact) mass is 235 g/mol. The van der Waals surface area contributed by atoms with Crippen molar-refractivity contribution in [3.8, 4) is 0 Å². The van der Waals surface area contributed by atoms with Gasteiger partial charge in [0.1, 0.15) is 6.17 Å². The molecule has 3 atom stereocenters. The third-order valence-electron chi connectivity index (χ3n) is 3.29. The second-order valence-corrected chi connectivity index (χ2v) is 4.36. The molecule has 2 rings (SSSR count). The van der Waals surface area contributed by atoms with Crippen LogP contribution in [0.4, 0.5) is 4.39 Å². The van der Waals surface area contributed by atoms with Crippen molar-refractivity contribution in [3.63, 3.8) is 0 Å². The fraction of sp³-hybridized carbons (Fsp3) is 0.500. The van der Waals surface area contributed by atoms with Crippen LogP contribution in [0, 0.1) is 0 Å². The number of aliphatic hydroxyl groups excluding tert-OH is 1. The Balaban J connectivity index is 2.11. The summed E-state index contributed by atoms with van der Waals surface area (Å²) in [6.45, 7) is 0.0119. The van der Waals surface area contributed by atoms with Crippen LogP contribution in [0.3, 0.4) is 0 Å². The smallest absolute Gasteiger partial charge is 0.109 e. The van der Waals surface area contributed by atoms with Crippen molar-refractivity contribution in [1.29, 1.82) is 0 Å². The number of azide groups is 1. The summed E-state index contributed by atoms with van der Waals surface area (Å²) in [6, 6.07) is 6.94. The first kappa shape index (κ1) is 11.9. The second kappa shape index (κ2) is 5.17. The van der Waals surface area contributed by atoms with Gasteiger partial charge in [-0.2, -0.15) is 0 Å². The molecule has 1 aliphatic carbocycles. The van der Waals surface area contributed by atoms with Crippen LogP contribution < -0.4 is 0 Å². The number of halogens is 1. The maximum Gasteiger partial charge on any atom is 0.109 e. The first-order valence-corrected chi connectivity index (χ1v) is 5.62. The fourth-order valence-corrected chi connectivity index (χ4v) is 2.32. The lowest BCUT2D eigenvalue weighted by molar-refractivity contribution is 0.282. The SMILES string of the molecule is [N-]=[N+]=N[C@H]1C[C@H](c2ccc(CO)cc2)C[C@@H]1F. The molecule has 17 heavy (non-hydrogen) atoms. The standard InChI is InChI=1S/C12H14FN3O/c13-11-5-10(6-12(11)15-16-14)9-3-1-8(7-17)2-4-9/h1-4,10-12,17H,5-7H2/t10-,11+,12+/m1/s1. The van der Waals surface area contributed by atoms with Gasteiger partial charge in [0.15, 0.2) is 0 Å². The molecule has 0 aliphatic heterocycles. The number of alkyl halides is 1. The van der Waals surface area contributed by atoms with E-state index in [1.807, 2.05) is 24.3 Å². The van der Waals surface area contributed by atoms with Gasteiger partial charge in [0.2, 0.25) is 0 Å². The number of rotatable bonds is 3. The van der Waals surface area contributed by atoms with E-state index < -0.39 is 12.2 Å². The van der Waals surface area contributed by atoms with Gasteiger partial charge in [-0.05, 0) is 35.4 Å². The third kappa shape index (κ3) is 2.57. The molecule has 0 amide bonds. The Morgan fingerprint density at radius 3 is 2.65 bits per heavy atom. The van der Waals surface area contributed by atoms with Gasteiger partial charge in [-0.25, -0.2) is 4.39 Å². The zero-order valence-corrected chi connectivity index (χ0v) is 9.33. The minimum absolute atomic E-state index is 0.0119. The van der Waals surface area contributed by atoms with Crippen LogP contribution in [0.15, 0.2) is 29.4 Å². The quantitative estimate of drug-likeness (QED) is 0.488. The highest BCUT2D eigenvalue weighted by molar-refractivity contribution is 5.26. The van der Waals surface area contributed by atoms with Crippen molar-refractivity contribution in [2.24, 2.45) is 5.11 Å². The molecule has 0 saturated heterocycles. The van der Waals surface area contributed by atoms with Crippen LogP contribution in [0.5, 0.6) is 0 Å². The van der Waals surface area contributed by atoms with Crippen molar-refractivity contribution in [2.45, 2.75) is 37.6 Å². The predicted octanol–water partition coefficient (Wildman–Crippen LogP) is 3.07. The molecule has 1 fully saturated rings. The van der Waals surface area contributed by atoms with Crippen LogP contribution in [0.2, 0.25) is 0 Å². The highest BCUT2D eigenvalue weighted by Crippen LogP contribution is 2.38. The number of hydrogen-bond acceptors (Lipinski definition) is 2. The Morgan fingerprint density at radius 1 is 1.35 bits per heavy atom. The topological polar surface area (TPSA) is 69.0 Å². The third-order valence-corrected chi connectivity index (χ3v) is 3.29. The van der Waals surface area contributed by atoms with E-state index in [1.54, 1.807) is 0 Å². The Morgan fingerprint density at radius 2 is 2.06 bits per heavy atom. The number of benzene rings is 1. The first-order chi connectivity index (χ1) is 8.24. The normalized spacial score (nSPS) is 27.8. The van der Waals surface area contributed by atoms with Crippen molar-refractivity contribution in [3.05, 3.63) is 45.8 Å². The maximum atomic E-state index is 13.6. The van der Waals surface area contributed by atoms with Gasteiger partial charge < -0.3 is 5.11 Å². The van der Waals surface area contributed by atoms with E-state index in [0.717, 1.165) is 11.1 Å². The van der Waals surface area contributed by atoms with E-state index in [9.17, 15) is 4.39 Å². The molecule has 90 valence electrons. The molecule has 0 radical (unpaired) electrons. The van der Waals surface area contributed by atoms with E-state index >= 15 is 0 Å². The van der Waals surface area contributed by atoms with Crippen molar-refractivity contribution < 1.29 is 9.50 Å². The van der Waals surface area contributed by atoms with Crippen LogP contribution >= 0.6 is 0 Å². The first-order valence-electron chi connectivity index (χ1n) is 5.62. The Bertz CT molecular complexity index is 428. The fourth-order valence-electron chi connectivity index (χ4n) is 2.32. The minimum Gasteiger partial charge on any atom is -0.392 e. The van der Waals surface area contributed by atoms with Crippen LogP contribution in [-0.4, -0.2) is 17.3 Å². The lowest BCUT2D eigenvalue weighted by Gasteiger charge is -2.09. The molecule has 5 heteroatoms. The minimum atomic E-state index is -1.05. The summed E-state index contributed by atoms with van der Waals surface area (Å²) in [4.78, 5) is 2.68. The molecule has 0 spiro atoms. The van der Waals surface area contributed by atoms with Gasteiger partial charge in [0, 0.05) is 4.91 Å². The van der Waals surface area contributed by atoms with Gasteiger partial charge >= 0.3 is 0 Å². The van der Waals surface area contributed by atoms with E-state index in [1.165, 1.54) is 0 Å². The highest BCUT2D eigenvalue weighted by atomic mass is 19.1. The lowest BCUT2D eigenvalue weighted by atomic mass is 9.96. The lowest BCUT2D eigenvalue weighted by Crippen LogP contribution is -2.09. The van der Waals surface area contributed by atoms with E-state index in [-0.39, 0.29) is 12.5 Å². The highest BCUT2D eigenvalue weighted by Gasteiger charge is 2.34. The van der Waals surface area contributed by atoms with Gasteiger partial charge in [-0.1, -0.05) is 29.4 Å². The van der Waals surface area contributed by atoms with Gasteiger partial charge in [0.05, 0.1) is 12.6 Å². The second-order valence-electron chi connectivity index (χ2n) is 4.36. The summed E-state index contributed by atoms with van der Waals surface area (Å²) in [5.41, 5.74) is 10.2. The van der Waals surface area contributed by atoms with Crippen molar-refractivity contribution >= 4 is 0 Å². The molecule has 0 unspecified atom stereocenters. The molecule has 4 nitrogen and oxygen atoms in total. The number of aliphatic hydroxyl groups is 1. The average Bonchev–Trinajstić information content (AvgIpc) is 2.72. The Hall–Kier alpha value is -1.58. The molecular formula is C12H14FN3O. The number of nitrogens with zero attached hydrogens (tertiary/aromatic N) is 3. The van der Waals surface area contributed by atoms with Gasteiger partial charge in [0.25, 0.3) is 0 Å². The zero-order valence-electron chi connectivity index (χ0n) is 9.33. The molecule has 0 aromatic heterocycles. The largest absolute Gasteiger partial charge is 0.392 e. The molecule has 1 N–H and O–H groups in total. The van der Waals surface area contributed by atoms with E-state index in [2.05, 4.69) is 10.0 Å². The summed E-state index contributed by atoms with van der Waals surface area (Å²) < 4.78 is 13.6.